The summed E-state index contributed by atoms with van der Waals surface area (Å²) in [5.74, 6) is -0.144. The smallest absolute Gasteiger partial charge is 0.268 e. The van der Waals surface area contributed by atoms with Gasteiger partial charge in [0.05, 0.1) is 11.8 Å². The molecule has 5 nitrogen and oxygen atoms in total. The lowest BCUT2D eigenvalue weighted by Crippen LogP contribution is -2.61. The van der Waals surface area contributed by atoms with Gasteiger partial charge in [-0.2, -0.15) is 0 Å². The number of amides is 1. The van der Waals surface area contributed by atoms with Gasteiger partial charge in [0, 0.05) is 24.7 Å². The third-order valence-corrected chi connectivity index (χ3v) is 3.78. The molecule has 2 unspecified atom stereocenters. The number of aliphatic hydroxyl groups excluding tert-OH is 1. The summed E-state index contributed by atoms with van der Waals surface area (Å²) in [6.45, 7) is 3.90. The number of carbonyl (C=O) groups excluding carboxylic acids is 1. The topological polar surface area (TPSA) is 80.3 Å². The third-order valence-electron chi connectivity index (χ3n) is 3.78. The second-order valence-electron chi connectivity index (χ2n) is 5.37. The van der Waals surface area contributed by atoms with Gasteiger partial charge in [-0.1, -0.05) is 13.8 Å². The molecule has 2 rings (SSSR count). The Balaban J connectivity index is 2.06. The van der Waals surface area contributed by atoms with Crippen LogP contribution in [-0.4, -0.2) is 27.7 Å². The average molecular weight is 237 g/mol. The van der Waals surface area contributed by atoms with E-state index in [9.17, 15) is 9.90 Å². The number of nitrogen functional groups attached to an aromatic ring is 1. The molecule has 0 radical (unpaired) electrons. The zero-order valence-electron chi connectivity index (χ0n) is 10.4. The second kappa shape index (κ2) is 3.77. The predicted octanol–water partition coefficient (Wildman–Crippen LogP) is 0.496. The number of aromatic nitrogens is 1. The molecule has 4 N–H and O–H groups in total. The van der Waals surface area contributed by atoms with E-state index in [0.29, 0.717) is 17.8 Å². The zero-order chi connectivity index (χ0) is 12.8. The van der Waals surface area contributed by atoms with E-state index in [4.69, 9.17) is 5.73 Å². The highest BCUT2D eigenvalue weighted by atomic mass is 16.3. The van der Waals surface area contributed by atoms with Crippen molar-refractivity contribution in [3.8, 4) is 0 Å². The molecule has 2 atom stereocenters. The van der Waals surface area contributed by atoms with E-state index in [1.165, 1.54) is 0 Å². The van der Waals surface area contributed by atoms with Crippen LogP contribution in [0.1, 0.15) is 30.8 Å². The van der Waals surface area contributed by atoms with E-state index in [2.05, 4.69) is 5.32 Å². The van der Waals surface area contributed by atoms with Gasteiger partial charge in [-0.05, 0) is 12.5 Å². The van der Waals surface area contributed by atoms with Crippen molar-refractivity contribution in [2.24, 2.45) is 12.5 Å². The Labute approximate surface area is 101 Å². The quantitative estimate of drug-likeness (QED) is 0.700. The fourth-order valence-corrected chi connectivity index (χ4v) is 2.20. The minimum Gasteiger partial charge on any atom is -0.397 e. The van der Waals surface area contributed by atoms with Gasteiger partial charge < -0.3 is 20.7 Å². The lowest BCUT2D eigenvalue weighted by Gasteiger charge is -2.49. The van der Waals surface area contributed by atoms with Crippen molar-refractivity contribution in [3.05, 3.63) is 18.0 Å². The van der Waals surface area contributed by atoms with E-state index < -0.39 is 0 Å². The van der Waals surface area contributed by atoms with Crippen LogP contribution in [0.2, 0.25) is 0 Å². The fraction of sp³-hybridized carbons (Fsp3) is 0.583. The lowest BCUT2D eigenvalue weighted by atomic mass is 9.64. The van der Waals surface area contributed by atoms with Crippen LogP contribution < -0.4 is 11.1 Å². The van der Waals surface area contributed by atoms with Crippen LogP contribution >= 0.6 is 0 Å². The highest BCUT2D eigenvalue weighted by Crippen LogP contribution is 2.40. The highest BCUT2D eigenvalue weighted by molar-refractivity contribution is 5.94. The second-order valence-corrected chi connectivity index (χ2v) is 5.37. The van der Waals surface area contributed by atoms with Crippen molar-refractivity contribution in [2.45, 2.75) is 32.4 Å². The number of nitrogens with one attached hydrogen (secondary N) is 1. The molecule has 1 aliphatic carbocycles. The Hall–Kier alpha value is -1.49. The summed E-state index contributed by atoms with van der Waals surface area (Å²) in [7, 11) is 1.78. The number of anilines is 1. The number of rotatable bonds is 2. The monoisotopic (exact) mass is 237 g/mol. The molecule has 94 valence electrons. The van der Waals surface area contributed by atoms with Gasteiger partial charge in [-0.3, -0.25) is 4.79 Å². The molecule has 0 aliphatic heterocycles. The Morgan fingerprint density at radius 2 is 2.29 bits per heavy atom. The number of hydrogen-bond acceptors (Lipinski definition) is 3. The van der Waals surface area contributed by atoms with Gasteiger partial charge in [0.15, 0.2) is 0 Å². The van der Waals surface area contributed by atoms with Gasteiger partial charge in [-0.15, -0.1) is 0 Å². The van der Waals surface area contributed by atoms with Crippen molar-refractivity contribution < 1.29 is 9.90 Å². The zero-order valence-corrected chi connectivity index (χ0v) is 10.4. The SMILES string of the molecule is Cn1cc(N)cc1C(=O)NC1CC(O)C1(C)C. The number of aliphatic hydroxyl groups is 1. The van der Waals surface area contributed by atoms with Crippen LogP contribution in [0.3, 0.4) is 0 Å². The van der Waals surface area contributed by atoms with E-state index >= 15 is 0 Å². The minimum absolute atomic E-state index is 0.0149. The third kappa shape index (κ3) is 1.91. The van der Waals surface area contributed by atoms with E-state index in [1.807, 2.05) is 13.8 Å². The summed E-state index contributed by atoms with van der Waals surface area (Å²) in [6, 6.07) is 1.67. The molecule has 1 fully saturated rings. The first kappa shape index (κ1) is 12.0. The van der Waals surface area contributed by atoms with Gasteiger partial charge >= 0.3 is 0 Å². The molecule has 1 aromatic heterocycles. The van der Waals surface area contributed by atoms with Crippen molar-refractivity contribution in [1.29, 1.82) is 0 Å². The first-order chi connectivity index (χ1) is 7.82. The van der Waals surface area contributed by atoms with Gasteiger partial charge in [0.1, 0.15) is 5.69 Å². The Morgan fingerprint density at radius 3 is 2.71 bits per heavy atom. The first-order valence-corrected chi connectivity index (χ1v) is 5.73. The molecule has 1 heterocycles. The standard InChI is InChI=1S/C12H19N3O2/c1-12(2)9(5-10(12)16)14-11(17)8-4-7(13)6-15(8)3/h4,6,9-10,16H,5,13H2,1-3H3,(H,14,17). The molecule has 17 heavy (non-hydrogen) atoms. The van der Waals surface area contributed by atoms with Gasteiger partial charge in [-0.25, -0.2) is 0 Å². The van der Waals surface area contributed by atoms with Crippen LogP contribution in [0.15, 0.2) is 12.3 Å². The largest absolute Gasteiger partial charge is 0.397 e. The molecule has 0 saturated heterocycles. The maximum Gasteiger partial charge on any atom is 0.268 e. The number of aryl methyl sites for hydroxylation is 1. The van der Waals surface area contributed by atoms with Crippen molar-refractivity contribution in [2.75, 3.05) is 5.73 Å². The van der Waals surface area contributed by atoms with Crippen LogP contribution in [0.25, 0.3) is 0 Å². The van der Waals surface area contributed by atoms with E-state index in [1.54, 1.807) is 23.9 Å². The predicted molar refractivity (Wildman–Crippen MR) is 65.5 cm³/mol. The number of carbonyl (C=O) groups is 1. The molecule has 0 spiro atoms. The summed E-state index contributed by atoms with van der Waals surface area (Å²) in [5.41, 5.74) is 6.49. The molecule has 1 aromatic rings. The lowest BCUT2D eigenvalue weighted by molar-refractivity contribution is -0.0690. The molecular weight excluding hydrogens is 218 g/mol. The van der Waals surface area contributed by atoms with Crippen LogP contribution in [-0.2, 0) is 7.05 Å². The van der Waals surface area contributed by atoms with Crippen LogP contribution in [0.4, 0.5) is 5.69 Å². The van der Waals surface area contributed by atoms with Crippen molar-refractivity contribution in [1.82, 2.24) is 9.88 Å². The summed E-state index contributed by atoms with van der Waals surface area (Å²) < 4.78 is 1.70. The Morgan fingerprint density at radius 1 is 1.65 bits per heavy atom. The molecule has 0 aromatic carbocycles. The van der Waals surface area contributed by atoms with Gasteiger partial charge in [0.25, 0.3) is 5.91 Å². The summed E-state index contributed by atoms with van der Waals surface area (Å²) in [4.78, 5) is 12.0. The van der Waals surface area contributed by atoms with Crippen LogP contribution in [0.5, 0.6) is 0 Å². The minimum atomic E-state index is -0.341. The number of hydrogen-bond donors (Lipinski definition) is 3. The van der Waals surface area contributed by atoms with E-state index in [0.717, 1.165) is 0 Å². The molecular formula is C12H19N3O2. The van der Waals surface area contributed by atoms with Gasteiger partial charge in [0.2, 0.25) is 0 Å². The Kier molecular flexibility index (Phi) is 2.66. The first-order valence-electron chi connectivity index (χ1n) is 5.73. The average Bonchev–Trinajstić information content (AvgIpc) is 2.57. The normalized spacial score (nSPS) is 26.4. The highest BCUT2D eigenvalue weighted by Gasteiger charge is 2.48. The number of nitrogens with two attached hydrogens (primary N) is 1. The summed E-state index contributed by atoms with van der Waals surface area (Å²) in [6.07, 6.45) is 1.97. The van der Waals surface area contributed by atoms with Crippen molar-refractivity contribution in [3.63, 3.8) is 0 Å². The van der Waals surface area contributed by atoms with Crippen LogP contribution in [0, 0.1) is 5.41 Å². The summed E-state index contributed by atoms with van der Waals surface area (Å²) >= 11 is 0. The molecule has 1 amide bonds. The Bertz CT molecular complexity index is 451. The fourth-order valence-electron chi connectivity index (χ4n) is 2.20. The van der Waals surface area contributed by atoms with E-state index in [-0.39, 0.29) is 23.5 Å². The molecule has 1 aliphatic rings. The maximum atomic E-state index is 12.0. The molecule has 0 bridgehead atoms. The maximum absolute atomic E-state index is 12.0. The van der Waals surface area contributed by atoms with Crippen molar-refractivity contribution >= 4 is 11.6 Å². The summed E-state index contributed by atoms with van der Waals surface area (Å²) in [5, 5.41) is 12.5. The molecule has 1 saturated carbocycles. The number of nitrogens with zero attached hydrogens (tertiary/aromatic N) is 1. The molecule has 5 heteroatoms.